The molecule has 3 nitrogen and oxygen atoms in total. The van der Waals surface area contributed by atoms with E-state index in [9.17, 15) is 0 Å². The van der Waals surface area contributed by atoms with Crippen LogP contribution in [0.3, 0.4) is 0 Å². The van der Waals surface area contributed by atoms with E-state index in [0.717, 1.165) is 31.3 Å². The summed E-state index contributed by atoms with van der Waals surface area (Å²) in [5, 5.41) is 0. The third-order valence-corrected chi connectivity index (χ3v) is 6.43. The summed E-state index contributed by atoms with van der Waals surface area (Å²) in [6.07, 6.45) is 7.11. The fraction of sp³-hybridized carbons (Fsp3) is 1.00. The second-order valence-corrected chi connectivity index (χ2v) is 12.5. The van der Waals surface area contributed by atoms with Gasteiger partial charge in [-0.2, -0.15) is 0 Å². The van der Waals surface area contributed by atoms with E-state index < -0.39 is 0 Å². The molecule has 0 bridgehead atoms. The minimum Gasteiger partial charge on any atom is -0.374 e. The first kappa shape index (κ1) is 28.9. The highest BCUT2D eigenvalue weighted by atomic mass is 16.5. The van der Waals surface area contributed by atoms with Crippen LogP contribution in [0.5, 0.6) is 0 Å². The minimum atomic E-state index is -0.213. The highest BCUT2D eigenvalue weighted by Crippen LogP contribution is 2.34. The second-order valence-electron chi connectivity index (χ2n) is 12.5. The number of nitrogens with two attached hydrogens (primary N) is 1. The van der Waals surface area contributed by atoms with E-state index in [1.807, 2.05) is 0 Å². The Morgan fingerprint density at radius 2 is 1.38 bits per heavy atom. The lowest BCUT2D eigenvalue weighted by molar-refractivity contribution is -0.0722. The lowest BCUT2D eigenvalue weighted by atomic mass is 9.77. The third-order valence-electron chi connectivity index (χ3n) is 6.43. The summed E-state index contributed by atoms with van der Waals surface area (Å²) >= 11 is 0. The maximum Gasteiger partial charge on any atom is 0.105 e. The molecule has 1 unspecified atom stereocenters. The zero-order chi connectivity index (χ0) is 23.1. The van der Waals surface area contributed by atoms with Crippen molar-refractivity contribution >= 4 is 7.85 Å². The van der Waals surface area contributed by atoms with Gasteiger partial charge in [0.05, 0.1) is 12.2 Å². The minimum absolute atomic E-state index is 0.157. The Kier molecular flexibility index (Phi) is 11.5. The van der Waals surface area contributed by atoms with Gasteiger partial charge >= 0.3 is 0 Å². The van der Waals surface area contributed by atoms with Gasteiger partial charge in [-0.15, -0.1) is 0 Å². The summed E-state index contributed by atoms with van der Waals surface area (Å²) in [4.78, 5) is 2.73. The molecular formula is C25H55BN2O. The molecule has 0 aliphatic carbocycles. The monoisotopic (exact) mass is 410 g/mol. The number of rotatable bonds is 15. The van der Waals surface area contributed by atoms with Crippen LogP contribution < -0.4 is 5.73 Å². The Hall–Kier alpha value is -0.0551. The van der Waals surface area contributed by atoms with Gasteiger partial charge in [-0.05, 0) is 87.0 Å². The van der Waals surface area contributed by atoms with E-state index in [2.05, 4.69) is 88.9 Å². The predicted molar refractivity (Wildman–Crippen MR) is 134 cm³/mol. The largest absolute Gasteiger partial charge is 0.374 e. The molecule has 0 aliphatic heterocycles. The molecule has 1 atom stereocenters. The molecule has 0 heterocycles. The lowest BCUT2D eigenvalue weighted by Crippen LogP contribution is -2.57. The van der Waals surface area contributed by atoms with Crippen molar-refractivity contribution in [3.05, 3.63) is 0 Å². The average Bonchev–Trinajstić information content (AvgIpc) is 2.52. The van der Waals surface area contributed by atoms with Crippen LogP contribution in [0, 0.1) is 5.92 Å². The van der Waals surface area contributed by atoms with Gasteiger partial charge in [-0.25, -0.2) is 0 Å². The molecule has 0 rings (SSSR count). The van der Waals surface area contributed by atoms with Crippen molar-refractivity contribution in [3.63, 3.8) is 0 Å². The average molecular weight is 411 g/mol. The topological polar surface area (TPSA) is 38.5 Å². The maximum atomic E-state index is 6.38. The first-order chi connectivity index (χ1) is 12.9. The molecule has 0 aromatic carbocycles. The van der Waals surface area contributed by atoms with E-state index >= 15 is 0 Å². The van der Waals surface area contributed by atoms with E-state index in [1.54, 1.807) is 0 Å². The van der Waals surface area contributed by atoms with Crippen molar-refractivity contribution in [1.29, 1.82) is 0 Å². The molecule has 0 saturated carbocycles. The Labute approximate surface area is 185 Å². The van der Waals surface area contributed by atoms with Crippen LogP contribution >= 0.6 is 0 Å². The molecule has 0 aromatic rings. The normalized spacial score (nSPS) is 15.4. The summed E-state index contributed by atoms with van der Waals surface area (Å²) in [6.45, 7) is 26.9. The summed E-state index contributed by atoms with van der Waals surface area (Å²) in [5.41, 5.74) is 6.15. The molecule has 0 spiro atoms. The lowest BCUT2D eigenvalue weighted by Gasteiger charge is -2.50. The number of ether oxygens (including phenoxy) is 1. The quantitative estimate of drug-likeness (QED) is 0.346. The van der Waals surface area contributed by atoms with Crippen molar-refractivity contribution in [3.8, 4) is 0 Å². The molecular weight excluding hydrogens is 355 g/mol. The van der Waals surface area contributed by atoms with Crippen LogP contribution in [0.2, 0.25) is 5.82 Å². The molecule has 2 N–H and O–H groups in total. The molecule has 174 valence electrons. The standard InChI is InChI=1S/C25H55BN2O/c1-12-21(26)14-16-24(8,9)28(23(6,7)15-13-20(2)3)17-18-29-25(10,11)19-22(4,5)27/h20-21H,12-19,26-27H2,1-11H3. The highest BCUT2D eigenvalue weighted by molar-refractivity contribution is 6.11. The van der Waals surface area contributed by atoms with Crippen molar-refractivity contribution in [2.75, 3.05) is 13.2 Å². The van der Waals surface area contributed by atoms with Gasteiger partial charge in [0.1, 0.15) is 7.85 Å². The van der Waals surface area contributed by atoms with Gasteiger partial charge in [-0.1, -0.05) is 39.4 Å². The van der Waals surface area contributed by atoms with Crippen LogP contribution in [0.25, 0.3) is 0 Å². The van der Waals surface area contributed by atoms with Gasteiger partial charge in [-0.3, -0.25) is 4.90 Å². The van der Waals surface area contributed by atoms with Crippen LogP contribution in [0.15, 0.2) is 0 Å². The number of hydrogen-bond donors (Lipinski definition) is 1. The Bertz CT molecular complexity index is 452. The van der Waals surface area contributed by atoms with E-state index in [0.29, 0.717) is 0 Å². The van der Waals surface area contributed by atoms with Gasteiger partial charge < -0.3 is 10.5 Å². The Morgan fingerprint density at radius 1 is 0.897 bits per heavy atom. The van der Waals surface area contributed by atoms with Gasteiger partial charge in [0, 0.05) is 23.2 Å². The van der Waals surface area contributed by atoms with Crippen molar-refractivity contribution in [2.45, 2.75) is 143 Å². The molecule has 0 amide bonds. The zero-order valence-electron chi connectivity index (χ0n) is 22.2. The summed E-state index contributed by atoms with van der Waals surface area (Å²) < 4.78 is 6.38. The second kappa shape index (κ2) is 11.5. The maximum absolute atomic E-state index is 6.38. The molecule has 0 fully saturated rings. The molecule has 29 heavy (non-hydrogen) atoms. The molecule has 0 radical (unpaired) electrons. The van der Waals surface area contributed by atoms with Crippen molar-refractivity contribution in [1.82, 2.24) is 4.90 Å². The molecule has 0 saturated heterocycles. The summed E-state index contributed by atoms with van der Waals surface area (Å²) in [7, 11) is 2.38. The summed E-state index contributed by atoms with van der Waals surface area (Å²) in [6, 6.07) is 0. The number of hydrogen-bond acceptors (Lipinski definition) is 3. The fourth-order valence-corrected chi connectivity index (χ4v) is 4.70. The fourth-order valence-electron chi connectivity index (χ4n) is 4.70. The third kappa shape index (κ3) is 12.4. The van der Waals surface area contributed by atoms with Gasteiger partial charge in [0.25, 0.3) is 0 Å². The van der Waals surface area contributed by atoms with Crippen LogP contribution in [0.4, 0.5) is 0 Å². The Morgan fingerprint density at radius 3 is 1.79 bits per heavy atom. The van der Waals surface area contributed by atoms with Gasteiger partial charge in [0.2, 0.25) is 0 Å². The summed E-state index contributed by atoms with van der Waals surface area (Å²) in [5.74, 6) is 1.53. The van der Waals surface area contributed by atoms with E-state index in [4.69, 9.17) is 10.5 Å². The van der Waals surface area contributed by atoms with Crippen LogP contribution in [-0.2, 0) is 4.74 Å². The van der Waals surface area contributed by atoms with E-state index in [1.165, 1.54) is 32.1 Å². The van der Waals surface area contributed by atoms with Crippen molar-refractivity contribution < 1.29 is 4.74 Å². The van der Waals surface area contributed by atoms with Crippen molar-refractivity contribution in [2.24, 2.45) is 11.7 Å². The van der Waals surface area contributed by atoms with E-state index in [-0.39, 0.29) is 22.2 Å². The number of nitrogens with zero attached hydrogens (tertiary/aromatic N) is 1. The SMILES string of the molecule is BC(CC)CCC(C)(C)N(CCOC(C)(C)CC(C)(C)N)C(C)(C)CCC(C)C. The van der Waals surface area contributed by atoms with Crippen LogP contribution in [0.1, 0.15) is 115 Å². The smallest absolute Gasteiger partial charge is 0.105 e. The highest BCUT2D eigenvalue weighted by Gasteiger charge is 2.37. The molecule has 0 aliphatic rings. The zero-order valence-corrected chi connectivity index (χ0v) is 22.2. The van der Waals surface area contributed by atoms with Crippen LogP contribution in [-0.4, -0.2) is 48.1 Å². The van der Waals surface area contributed by atoms with Gasteiger partial charge in [0.15, 0.2) is 0 Å². The Balaban J connectivity index is 5.27. The first-order valence-corrected chi connectivity index (χ1v) is 12.1. The first-order valence-electron chi connectivity index (χ1n) is 12.1. The molecule has 0 aromatic heterocycles. The predicted octanol–water partition coefficient (Wildman–Crippen LogP) is 5.82. The molecule has 4 heteroatoms.